The molecule has 5 rings (SSSR count). The van der Waals surface area contributed by atoms with E-state index in [0.29, 0.717) is 16.9 Å². The number of nitrogens with one attached hydrogen (secondary N) is 3. The van der Waals surface area contributed by atoms with Crippen molar-refractivity contribution in [2.75, 3.05) is 27.1 Å². The fourth-order valence-electron chi connectivity index (χ4n) is 5.50. The lowest BCUT2D eigenvalue weighted by Crippen LogP contribution is -2.54. The van der Waals surface area contributed by atoms with Crippen molar-refractivity contribution in [3.63, 3.8) is 0 Å². The molecule has 298 valence electrons. The van der Waals surface area contributed by atoms with Crippen LogP contribution in [0.25, 0.3) is 0 Å². The van der Waals surface area contributed by atoms with E-state index in [2.05, 4.69) is 16.0 Å². The van der Waals surface area contributed by atoms with Gasteiger partial charge in [0.05, 0.1) is 27.0 Å². The number of methoxy groups -OCH3 is 3. The highest BCUT2D eigenvalue weighted by Gasteiger charge is 2.45. The number of hydrogen-bond acceptors (Lipinski definition) is 12. The lowest BCUT2D eigenvalue weighted by molar-refractivity contribution is -0.148. The number of fused-ring (bicyclic) bond motifs is 9. The van der Waals surface area contributed by atoms with E-state index in [9.17, 15) is 24.3 Å². The summed E-state index contributed by atoms with van der Waals surface area (Å²) < 4.78 is 34.5. The topological polar surface area (TPSA) is 206 Å². The quantitative estimate of drug-likeness (QED) is 0.107. The summed E-state index contributed by atoms with van der Waals surface area (Å²) in [5.41, 5.74) is 6.48. The first-order valence-electron chi connectivity index (χ1n) is 17.6. The zero-order chi connectivity index (χ0) is 41.0. The van der Waals surface area contributed by atoms with Crippen LogP contribution in [-0.4, -0.2) is 70.3 Å². The number of nitrogens with two attached hydrogens (primary N) is 1. The number of phenolic OH excluding ortho intramolecular Hbond substituents is 1. The Labute approximate surface area is 322 Å². The second-order valence-electron chi connectivity index (χ2n) is 15.6. The van der Waals surface area contributed by atoms with Crippen molar-refractivity contribution >= 4 is 37.9 Å². The zero-order valence-electron chi connectivity index (χ0n) is 33.1. The van der Waals surface area contributed by atoms with Crippen LogP contribution < -0.4 is 35.9 Å². The number of alkyl carbamates (subject to hydrolysis) is 1. The molecule has 4 bridgehead atoms. The summed E-state index contributed by atoms with van der Waals surface area (Å²) in [5, 5.41) is 18.9. The average Bonchev–Trinajstić information content (AvgIpc) is 3.09. The molecule has 0 aliphatic carbocycles. The Balaban J connectivity index is 2.02. The molecule has 2 aliphatic rings. The van der Waals surface area contributed by atoms with Gasteiger partial charge >= 0.3 is 12.1 Å². The number of anilines is 1. The highest BCUT2D eigenvalue weighted by atomic mass is 28.4. The van der Waals surface area contributed by atoms with Crippen LogP contribution in [0, 0.1) is 0 Å². The molecular formula is C39H52N4O11Si. The molecule has 2 heterocycles. The summed E-state index contributed by atoms with van der Waals surface area (Å²) in [4.78, 5) is 56.0. The number of carbonyl (C=O) groups excluding carboxylic acids is 4. The molecule has 6 N–H and O–H groups in total. The predicted molar refractivity (Wildman–Crippen MR) is 207 cm³/mol. The third-order valence-corrected chi connectivity index (χ3v) is 13.8. The van der Waals surface area contributed by atoms with Crippen molar-refractivity contribution < 1.29 is 52.4 Å². The van der Waals surface area contributed by atoms with E-state index in [-0.39, 0.29) is 33.5 Å². The van der Waals surface area contributed by atoms with E-state index < -0.39 is 67.8 Å². The molecule has 0 fully saturated rings. The first-order chi connectivity index (χ1) is 25.6. The number of carbonyl (C=O) groups is 4. The summed E-state index contributed by atoms with van der Waals surface area (Å²) in [6, 6.07) is 9.19. The summed E-state index contributed by atoms with van der Waals surface area (Å²) in [7, 11) is 1.28. The molecule has 0 saturated carbocycles. The van der Waals surface area contributed by atoms with E-state index in [0.717, 1.165) is 0 Å². The van der Waals surface area contributed by atoms with Gasteiger partial charge in [-0.2, -0.15) is 0 Å². The molecule has 55 heavy (non-hydrogen) atoms. The van der Waals surface area contributed by atoms with Crippen LogP contribution in [0.3, 0.4) is 0 Å². The van der Waals surface area contributed by atoms with Crippen LogP contribution in [-0.2, 0) is 28.3 Å². The van der Waals surface area contributed by atoms with Gasteiger partial charge in [-0.1, -0.05) is 39.0 Å². The van der Waals surface area contributed by atoms with Crippen molar-refractivity contribution in [2.24, 2.45) is 0 Å². The molecule has 0 saturated heterocycles. The van der Waals surface area contributed by atoms with Gasteiger partial charge in [-0.15, -0.1) is 0 Å². The number of nitrogen functional groups attached to an aromatic ring is 1. The smallest absolute Gasteiger partial charge is 0.408 e. The molecule has 16 heteroatoms. The van der Waals surface area contributed by atoms with Crippen LogP contribution >= 0.6 is 0 Å². The number of amides is 3. The van der Waals surface area contributed by atoms with Crippen LogP contribution in [0.5, 0.6) is 28.7 Å². The maximum absolute atomic E-state index is 14.6. The Morgan fingerprint density at radius 1 is 0.836 bits per heavy atom. The van der Waals surface area contributed by atoms with E-state index in [4.69, 9.17) is 33.8 Å². The van der Waals surface area contributed by atoms with Gasteiger partial charge in [-0.25, -0.2) is 9.59 Å². The molecule has 2 aliphatic heterocycles. The minimum atomic E-state index is -2.71. The molecule has 3 aromatic carbocycles. The van der Waals surface area contributed by atoms with Gasteiger partial charge in [0.25, 0.3) is 0 Å². The molecule has 3 aromatic rings. The van der Waals surface area contributed by atoms with Crippen molar-refractivity contribution in [1.82, 2.24) is 16.0 Å². The molecule has 0 radical (unpaired) electrons. The number of aromatic hydroxyl groups is 1. The highest BCUT2D eigenvalue weighted by Crippen LogP contribution is 2.45. The molecular weight excluding hydrogens is 729 g/mol. The van der Waals surface area contributed by atoms with Crippen LogP contribution in [0.2, 0.25) is 18.1 Å². The lowest BCUT2D eigenvalue weighted by atomic mass is 9.98. The summed E-state index contributed by atoms with van der Waals surface area (Å²) in [5.74, 6) is -2.51. The van der Waals surface area contributed by atoms with Crippen molar-refractivity contribution in [3.8, 4) is 28.7 Å². The molecule has 0 aromatic heterocycles. The number of esters is 1. The Hall–Kier alpha value is -5.48. The number of benzene rings is 3. The first-order valence-corrected chi connectivity index (χ1v) is 20.5. The van der Waals surface area contributed by atoms with E-state index in [1.807, 2.05) is 33.9 Å². The number of hydrogen-bond donors (Lipinski definition) is 5. The fraction of sp³-hybridized carbons (Fsp3) is 0.436. The van der Waals surface area contributed by atoms with Gasteiger partial charge in [0, 0.05) is 0 Å². The Morgan fingerprint density at radius 3 is 2.02 bits per heavy atom. The van der Waals surface area contributed by atoms with Crippen LogP contribution in [0.4, 0.5) is 10.5 Å². The Morgan fingerprint density at radius 2 is 1.47 bits per heavy atom. The Bertz CT molecular complexity index is 1910. The minimum absolute atomic E-state index is 0.0307. The summed E-state index contributed by atoms with van der Waals surface area (Å²) in [6.45, 7) is 15.0. The maximum Gasteiger partial charge on any atom is 0.408 e. The monoisotopic (exact) mass is 780 g/mol. The summed E-state index contributed by atoms with van der Waals surface area (Å²) in [6.07, 6.45) is -2.10. The molecule has 4 atom stereocenters. The highest BCUT2D eigenvalue weighted by molar-refractivity contribution is 6.74. The third kappa shape index (κ3) is 9.99. The van der Waals surface area contributed by atoms with Gasteiger partial charge in [-0.3, -0.25) is 9.59 Å². The Kier molecular flexibility index (Phi) is 12.7. The van der Waals surface area contributed by atoms with E-state index in [1.165, 1.54) is 33.5 Å². The normalized spacial score (nSPS) is 19.3. The lowest BCUT2D eigenvalue weighted by Gasteiger charge is -2.41. The van der Waals surface area contributed by atoms with Gasteiger partial charge in [0.15, 0.2) is 31.6 Å². The third-order valence-electron chi connectivity index (χ3n) is 9.38. The average molecular weight is 781 g/mol. The number of phenols is 1. The number of rotatable bonds is 7. The molecule has 0 unspecified atom stereocenters. The zero-order valence-corrected chi connectivity index (χ0v) is 34.1. The fourth-order valence-corrected chi connectivity index (χ4v) is 6.76. The summed E-state index contributed by atoms with van der Waals surface area (Å²) >= 11 is 0. The van der Waals surface area contributed by atoms with E-state index >= 15 is 0 Å². The van der Waals surface area contributed by atoms with Crippen LogP contribution in [0.15, 0.2) is 54.6 Å². The van der Waals surface area contributed by atoms with Gasteiger partial charge in [-0.05, 0) is 92.0 Å². The van der Waals surface area contributed by atoms with Crippen LogP contribution in [0.1, 0.15) is 76.4 Å². The molecule has 15 nitrogen and oxygen atoms in total. The van der Waals surface area contributed by atoms with Crippen molar-refractivity contribution in [1.29, 1.82) is 0 Å². The standard InChI is InChI=1S/C39H52N4O11Si/c1-38(2,3)53-37(48)43-30-23-19-26(44)33(50-8)28(20-23)52-27-17-14-22(18-25(27)40)32(54-55(10,11)39(4,5)6)31(36(47)51-9)42-34(45)29(41-35(30)46)21-12-15-24(49-7)16-13-21/h12-20,29-32,44H,40H2,1-11H3,(H,41,46)(H,42,45)(H,43,48)/t29-,30-,31+,32-/m1/s1. The van der Waals surface area contributed by atoms with Gasteiger partial charge in [0.2, 0.25) is 17.6 Å². The number of ether oxygens (including phenoxy) is 5. The maximum atomic E-state index is 14.6. The molecule has 0 spiro atoms. The minimum Gasteiger partial charge on any atom is -0.504 e. The second kappa shape index (κ2) is 16.5. The van der Waals surface area contributed by atoms with Crippen molar-refractivity contribution in [2.45, 2.75) is 89.5 Å². The van der Waals surface area contributed by atoms with Gasteiger partial charge in [0.1, 0.15) is 29.5 Å². The second-order valence-corrected chi connectivity index (χ2v) is 20.3. The predicted octanol–water partition coefficient (Wildman–Crippen LogP) is 5.94. The molecule has 3 amide bonds. The van der Waals surface area contributed by atoms with Crippen molar-refractivity contribution in [3.05, 3.63) is 71.3 Å². The van der Waals surface area contributed by atoms with Gasteiger partial charge < -0.3 is 54.9 Å². The van der Waals surface area contributed by atoms with E-state index in [1.54, 1.807) is 63.2 Å². The SMILES string of the molecule is COC(=O)[C@H]1NC(=O)[C@@H](c2ccc(OC)cc2)NC(=O)[C@H](NC(=O)OC(C)(C)C)c2cc(O)c(OC)c(c2)Oc2ccc(cc2N)[C@H]1O[Si](C)(C)C(C)(C)C. The largest absolute Gasteiger partial charge is 0.504 e. The first kappa shape index (κ1) is 42.3.